The van der Waals surface area contributed by atoms with E-state index in [9.17, 15) is 9.59 Å². The number of benzene rings is 1. The highest BCUT2D eigenvalue weighted by Gasteiger charge is 2.40. The summed E-state index contributed by atoms with van der Waals surface area (Å²) < 4.78 is 5.18. The zero-order valence-corrected chi connectivity index (χ0v) is 14.3. The van der Waals surface area contributed by atoms with Crippen molar-refractivity contribution in [2.24, 2.45) is 0 Å². The predicted octanol–water partition coefficient (Wildman–Crippen LogP) is 2.28. The van der Waals surface area contributed by atoms with E-state index in [1.54, 1.807) is 23.8 Å². The van der Waals surface area contributed by atoms with E-state index in [2.05, 4.69) is 0 Å². The van der Waals surface area contributed by atoms with Gasteiger partial charge in [0.05, 0.1) is 12.4 Å². The van der Waals surface area contributed by atoms with E-state index in [4.69, 9.17) is 4.74 Å². The van der Waals surface area contributed by atoms with Crippen LogP contribution in [0, 0.1) is 0 Å². The molecule has 0 N–H and O–H groups in total. The van der Waals surface area contributed by atoms with Gasteiger partial charge in [-0.1, -0.05) is 12.1 Å². The molecule has 124 valence electrons. The number of hydrogen-bond donors (Lipinski definition) is 0. The minimum atomic E-state index is -0.117. The number of hydrogen-bond acceptors (Lipinski definition) is 4. The second-order valence-electron chi connectivity index (χ2n) is 5.96. The SMILES string of the molecule is COc1ccc([C@@H]2S[C@@H](C)C(=O)N2CC(=O)N2CCCC2)cc1. The highest BCUT2D eigenvalue weighted by molar-refractivity contribution is 8.01. The van der Waals surface area contributed by atoms with E-state index in [-0.39, 0.29) is 29.0 Å². The van der Waals surface area contributed by atoms with E-state index in [0.717, 1.165) is 37.2 Å². The van der Waals surface area contributed by atoms with Crippen LogP contribution in [0.5, 0.6) is 5.75 Å². The monoisotopic (exact) mass is 334 g/mol. The van der Waals surface area contributed by atoms with Gasteiger partial charge < -0.3 is 14.5 Å². The summed E-state index contributed by atoms with van der Waals surface area (Å²) in [5.41, 5.74) is 1.03. The molecule has 23 heavy (non-hydrogen) atoms. The molecular formula is C17H22N2O3S. The summed E-state index contributed by atoms with van der Waals surface area (Å²) >= 11 is 1.60. The lowest BCUT2D eigenvalue weighted by molar-refractivity contribution is -0.139. The fourth-order valence-electron chi connectivity index (χ4n) is 3.07. The van der Waals surface area contributed by atoms with Gasteiger partial charge in [-0.15, -0.1) is 11.8 Å². The smallest absolute Gasteiger partial charge is 0.242 e. The number of likely N-dealkylation sites (tertiary alicyclic amines) is 1. The van der Waals surface area contributed by atoms with Crippen LogP contribution in [0.1, 0.15) is 30.7 Å². The second-order valence-corrected chi connectivity index (χ2v) is 7.38. The van der Waals surface area contributed by atoms with Gasteiger partial charge in [-0.25, -0.2) is 0 Å². The minimum Gasteiger partial charge on any atom is -0.497 e. The van der Waals surface area contributed by atoms with Gasteiger partial charge in [0.25, 0.3) is 0 Å². The molecule has 0 spiro atoms. The van der Waals surface area contributed by atoms with Crippen LogP contribution < -0.4 is 4.74 Å². The lowest BCUT2D eigenvalue weighted by atomic mass is 10.2. The molecule has 0 unspecified atom stereocenters. The zero-order chi connectivity index (χ0) is 16.4. The van der Waals surface area contributed by atoms with Crippen molar-refractivity contribution in [3.8, 4) is 5.75 Å². The van der Waals surface area contributed by atoms with Gasteiger partial charge in [-0.05, 0) is 37.5 Å². The molecule has 0 saturated carbocycles. The van der Waals surface area contributed by atoms with Gasteiger partial charge in [0.15, 0.2) is 0 Å². The van der Waals surface area contributed by atoms with E-state index < -0.39 is 0 Å². The van der Waals surface area contributed by atoms with E-state index >= 15 is 0 Å². The van der Waals surface area contributed by atoms with Crippen LogP contribution in [0.4, 0.5) is 0 Å². The molecule has 2 aliphatic heterocycles. The minimum absolute atomic E-state index is 0.0448. The molecule has 2 fully saturated rings. The van der Waals surface area contributed by atoms with Crippen LogP contribution in [0.3, 0.4) is 0 Å². The van der Waals surface area contributed by atoms with Gasteiger partial charge in [0, 0.05) is 13.1 Å². The number of thioether (sulfide) groups is 1. The molecule has 5 nitrogen and oxygen atoms in total. The molecule has 0 radical (unpaired) electrons. The third kappa shape index (κ3) is 3.32. The van der Waals surface area contributed by atoms with Crippen molar-refractivity contribution in [1.82, 2.24) is 9.80 Å². The first kappa shape index (κ1) is 16.2. The number of methoxy groups -OCH3 is 1. The lowest BCUT2D eigenvalue weighted by Crippen LogP contribution is -2.41. The Balaban J connectivity index is 1.76. The first-order valence-corrected chi connectivity index (χ1v) is 8.92. The fourth-order valence-corrected chi connectivity index (χ4v) is 4.35. The second kappa shape index (κ2) is 6.83. The summed E-state index contributed by atoms with van der Waals surface area (Å²) in [6.45, 7) is 3.71. The standard InChI is InChI=1S/C17H22N2O3S/c1-12-16(21)19(11-15(20)18-9-3-4-10-18)17(23-12)13-5-7-14(22-2)8-6-13/h5-8,12,17H,3-4,9-11H2,1-2H3/t12-,17-/m0/s1. The molecule has 2 saturated heterocycles. The summed E-state index contributed by atoms with van der Waals surface area (Å²) in [5.74, 6) is 0.892. The van der Waals surface area contributed by atoms with Crippen LogP contribution >= 0.6 is 11.8 Å². The van der Waals surface area contributed by atoms with Crippen LogP contribution in [-0.2, 0) is 9.59 Å². The molecule has 2 atom stereocenters. The van der Waals surface area contributed by atoms with Crippen molar-refractivity contribution in [1.29, 1.82) is 0 Å². The molecule has 3 rings (SSSR count). The van der Waals surface area contributed by atoms with Crippen molar-refractivity contribution in [3.05, 3.63) is 29.8 Å². The average Bonchev–Trinajstić information content (AvgIpc) is 3.19. The van der Waals surface area contributed by atoms with Crippen molar-refractivity contribution in [2.45, 2.75) is 30.4 Å². The van der Waals surface area contributed by atoms with Gasteiger partial charge in [0.2, 0.25) is 11.8 Å². The number of nitrogens with zero attached hydrogens (tertiary/aromatic N) is 2. The Labute approximate surface area is 141 Å². The number of carbonyl (C=O) groups excluding carboxylic acids is 2. The van der Waals surface area contributed by atoms with E-state index in [0.29, 0.717) is 0 Å². The summed E-state index contributed by atoms with van der Waals surface area (Å²) in [4.78, 5) is 28.5. The third-order valence-electron chi connectivity index (χ3n) is 4.41. The Kier molecular flexibility index (Phi) is 4.80. The maximum Gasteiger partial charge on any atom is 0.242 e. The molecule has 2 aliphatic rings. The van der Waals surface area contributed by atoms with Crippen LogP contribution in [0.2, 0.25) is 0 Å². The molecule has 2 amide bonds. The number of amides is 2. The summed E-state index contributed by atoms with van der Waals surface area (Å²) in [6, 6.07) is 7.72. The van der Waals surface area contributed by atoms with E-state index in [1.807, 2.05) is 36.1 Å². The Morgan fingerprint density at radius 1 is 1.26 bits per heavy atom. The maximum absolute atomic E-state index is 12.5. The van der Waals surface area contributed by atoms with Crippen molar-refractivity contribution >= 4 is 23.6 Å². The van der Waals surface area contributed by atoms with Crippen LogP contribution in [0.15, 0.2) is 24.3 Å². The first-order valence-electron chi connectivity index (χ1n) is 7.98. The average molecular weight is 334 g/mol. The number of carbonyl (C=O) groups is 2. The molecule has 6 heteroatoms. The highest BCUT2D eigenvalue weighted by atomic mass is 32.2. The Morgan fingerprint density at radius 3 is 2.52 bits per heavy atom. The quantitative estimate of drug-likeness (QED) is 0.848. The Morgan fingerprint density at radius 2 is 1.91 bits per heavy atom. The zero-order valence-electron chi connectivity index (χ0n) is 13.5. The molecule has 0 aliphatic carbocycles. The van der Waals surface area contributed by atoms with Crippen molar-refractivity contribution < 1.29 is 14.3 Å². The largest absolute Gasteiger partial charge is 0.497 e. The molecule has 0 bridgehead atoms. The molecule has 1 aromatic rings. The van der Waals surface area contributed by atoms with Gasteiger partial charge >= 0.3 is 0 Å². The van der Waals surface area contributed by atoms with Gasteiger partial charge in [0.1, 0.15) is 17.7 Å². The molecule has 1 aromatic carbocycles. The third-order valence-corrected chi connectivity index (χ3v) is 5.81. The first-order chi connectivity index (χ1) is 11.1. The Bertz CT molecular complexity index is 584. The number of rotatable bonds is 4. The lowest BCUT2D eigenvalue weighted by Gasteiger charge is -2.26. The summed E-state index contributed by atoms with van der Waals surface area (Å²) in [5, 5.41) is -0.219. The van der Waals surface area contributed by atoms with Gasteiger partial charge in [-0.3, -0.25) is 9.59 Å². The maximum atomic E-state index is 12.5. The predicted molar refractivity (Wildman–Crippen MR) is 90.3 cm³/mol. The summed E-state index contributed by atoms with van der Waals surface area (Å²) in [6.07, 6.45) is 2.12. The summed E-state index contributed by atoms with van der Waals surface area (Å²) in [7, 11) is 1.63. The fraction of sp³-hybridized carbons (Fsp3) is 0.529. The van der Waals surface area contributed by atoms with Crippen molar-refractivity contribution in [2.75, 3.05) is 26.7 Å². The molecule has 2 heterocycles. The molecular weight excluding hydrogens is 312 g/mol. The van der Waals surface area contributed by atoms with E-state index in [1.165, 1.54) is 0 Å². The number of ether oxygens (including phenoxy) is 1. The Hall–Kier alpha value is -1.69. The van der Waals surface area contributed by atoms with Crippen LogP contribution in [-0.4, -0.2) is 53.6 Å². The van der Waals surface area contributed by atoms with Crippen molar-refractivity contribution in [3.63, 3.8) is 0 Å². The van der Waals surface area contributed by atoms with Crippen LogP contribution in [0.25, 0.3) is 0 Å². The van der Waals surface area contributed by atoms with Gasteiger partial charge in [-0.2, -0.15) is 0 Å². The molecule has 0 aromatic heterocycles. The topological polar surface area (TPSA) is 49.9 Å². The normalized spacial score (nSPS) is 24.3. The highest BCUT2D eigenvalue weighted by Crippen LogP contribution is 2.43.